The van der Waals surface area contributed by atoms with E-state index < -0.39 is 0 Å². The van der Waals surface area contributed by atoms with Crippen molar-refractivity contribution >= 4 is 17.7 Å². The van der Waals surface area contributed by atoms with Gasteiger partial charge in [-0.3, -0.25) is 4.79 Å². The van der Waals surface area contributed by atoms with Crippen LogP contribution >= 0.6 is 11.8 Å². The number of aromatic nitrogens is 3. The maximum Gasteiger partial charge on any atom is 0.233 e. The Labute approximate surface area is 164 Å². The number of carbonyl (C=O) groups excluding carboxylic acids is 1. The van der Waals surface area contributed by atoms with E-state index in [9.17, 15) is 4.79 Å². The van der Waals surface area contributed by atoms with E-state index >= 15 is 0 Å². The number of benzene rings is 1. The fourth-order valence-electron chi connectivity index (χ4n) is 3.07. The summed E-state index contributed by atoms with van der Waals surface area (Å²) in [5, 5.41) is 9.10. The van der Waals surface area contributed by atoms with Crippen LogP contribution in [0, 0.1) is 5.92 Å². The van der Waals surface area contributed by atoms with Crippen LogP contribution in [0.1, 0.15) is 25.6 Å². The van der Waals surface area contributed by atoms with Crippen molar-refractivity contribution in [3.05, 3.63) is 30.1 Å². The van der Waals surface area contributed by atoms with Gasteiger partial charge in [0.2, 0.25) is 5.91 Å². The second-order valence-electron chi connectivity index (χ2n) is 6.80. The van der Waals surface area contributed by atoms with Crippen molar-refractivity contribution in [2.75, 3.05) is 26.0 Å². The molecule has 1 aromatic carbocycles. The van der Waals surface area contributed by atoms with Crippen LogP contribution in [0.2, 0.25) is 0 Å². The van der Waals surface area contributed by atoms with Crippen molar-refractivity contribution in [1.82, 2.24) is 19.7 Å². The SMILES string of the molecule is COc1cccc(OCc2nnc(SCC(=O)N3CCC[C@@H](C)C3)n2C)c1. The number of hydrogen-bond donors (Lipinski definition) is 0. The number of ether oxygens (including phenoxy) is 2. The molecule has 1 amide bonds. The molecule has 0 spiro atoms. The zero-order chi connectivity index (χ0) is 19.2. The standard InChI is InChI=1S/C19H26N4O3S/c1-14-6-5-9-23(11-14)18(24)13-27-19-21-20-17(22(19)2)12-26-16-8-4-7-15(10-16)25-3/h4,7-8,10,14H,5-6,9,11-13H2,1-3H3/t14-/m1/s1. The van der Waals surface area contributed by atoms with Gasteiger partial charge in [0.1, 0.15) is 18.1 Å². The molecular formula is C19H26N4O3S. The molecule has 0 bridgehead atoms. The number of likely N-dealkylation sites (tertiary alicyclic amines) is 1. The molecule has 1 aliphatic rings. The van der Waals surface area contributed by atoms with E-state index in [-0.39, 0.29) is 5.91 Å². The van der Waals surface area contributed by atoms with Gasteiger partial charge in [0, 0.05) is 26.2 Å². The summed E-state index contributed by atoms with van der Waals surface area (Å²) in [7, 11) is 3.51. The number of thioether (sulfide) groups is 1. The molecule has 1 aromatic heterocycles. The van der Waals surface area contributed by atoms with Gasteiger partial charge < -0.3 is 18.9 Å². The van der Waals surface area contributed by atoms with Crippen molar-refractivity contribution in [3.63, 3.8) is 0 Å². The number of methoxy groups -OCH3 is 1. The minimum atomic E-state index is 0.170. The van der Waals surface area contributed by atoms with Gasteiger partial charge >= 0.3 is 0 Å². The fraction of sp³-hybridized carbons (Fsp3) is 0.526. The van der Waals surface area contributed by atoms with Crippen molar-refractivity contribution in [2.24, 2.45) is 13.0 Å². The molecule has 1 atom stereocenters. The number of amides is 1. The zero-order valence-electron chi connectivity index (χ0n) is 16.1. The number of hydrogen-bond acceptors (Lipinski definition) is 6. The quantitative estimate of drug-likeness (QED) is 0.677. The summed E-state index contributed by atoms with van der Waals surface area (Å²) >= 11 is 1.42. The summed E-state index contributed by atoms with van der Waals surface area (Å²) in [5.41, 5.74) is 0. The van der Waals surface area contributed by atoms with Crippen LogP contribution in [0.5, 0.6) is 11.5 Å². The molecule has 0 aliphatic carbocycles. The lowest BCUT2D eigenvalue weighted by Crippen LogP contribution is -2.40. The number of piperidine rings is 1. The van der Waals surface area contributed by atoms with Gasteiger partial charge in [0.15, 0.2) is 11.0 Å². The molecule has 27 heavy (non-hydrogen) atoms. The first kappa shape index (κ1) is 19.5. The van der Waals surface area contributed by atoms with E-state index in [2.05, 4.69) is 17.1 Å². The minimum Gasteiger partial charge on any atom is -0.497 e. The molecule has 0 saturated carbocycles. The highest BCUT2D eigenvalue weighted by Crippen LogP contribution is 2.22. The predicted octanol–water partition coefficient (Wildman–Crippen LogP) is 2.75. The molecule has 1 fully saturated rings. The van der Waals surface area contributed by atoms with Gasteiger partial charge in [-0.2, -0.15) is 0 Å². The third-order valence-electron chi connectivity index (χ3n) is 4.67. The number of rotatable bonds is 7. The first-order valence-corrected chi connectivity index (χ1v) is 10.1. The van der Waals surface area contributed by atoms with Crippen molar-refractivity contribution in [2.45, 2.75) is 31.5 Å². The molecule has 0 radical (unpaired) electrons. The molecule has 0 N–H and O–H groups in total. The van der Waals surface area contributed by atoms with Crippen LogP contribution in [-0.4, -0.2) is 51.5 Å². The Balaban J connectivity index is 1.52. The summed E-state index contributed by atoms with van der Waals surface area (Å²) in [5.74, 6) is 3.30. The van der Waals surface area contributed by atoms with Gasteiger partial charge in [-0.25, -0.2) is 0 Å². The summed E-state index contributed by atoms with van der Waals surface area (Å²) in [6.07, 6.45) is 2.30. The molecular weight excluding hydrogens is 364 g/mol. The predicted molar refractivity (Wildman–Crippen MR) is 104 cm³/mol. The monoisotopic (exact) mass is 390 g/mol. The largest absolute Gasteiger partial charge is 0.497 e. The summed E-state index contributed by atoms with van der Waals surface area (Å²) in [6, 6.07) is 7.43. The second-order valence-corrected chi connectivity index (χ2v) is 7.74. The Bertz CT molecular complexity index is 780. The number of nitrogens with zero attached hydrogens (tertiary/aromatic N) is 4. The molecule has 7 nitrogen and oxygen atoms in total. The van der Waals surface area contributed by atoms with Crippen molar-refractivity contribution in [3.8, 4) is 11.5 Å². The molecule has 8 heteroatoms. The highest BCUT2D eigenvalue weighted by molar-refractivity contribution is 7.99. The summed E-state index contributed by atoms with van der Waals surface area (Å²) in [4.78, 5) is 14.4. The lowest BCUT2D eigenvalue weighted by molar-refractivity contribution is -0.130. The van der Waals surface area contributed by atoms with Crippen LogP contribution in [0.25, 0.3) is 0 Å². The molecule has 1 saturated heterocycles. The lowest BCUT2D eigenvalue weighted by atomic mass is 10.0. The normalized spacial score (nSPS) is 17.0. The zero-order valence-corrected chi connectivity index (χ0v) is 16.9. The summed E-state index contributed by atoms with van der Waals surface area (Å²) < 4.78 is 12.8. The van der Waals surface area contributed by atoms with Crippen LogP contribution in [-0.2, 0) is 18.4 Å². The van der Waals surface area contributed by atoms with Gasteiger partial charge in [-0.05, 0) is 30.9 Å². The van der Waals surface area contributed by atoms with Crippen LogP contribution in [0.15, 0.2) is 29.4 Å². The van der Waals surface area contributed by atoms with Gasteiger partial charge in [0.05, 0.1) is 12.9 Å². The Kier molecular flexibility index (Phi) is 6.60. The van der Waals surface area contributed by atoms with Gasteiger partial charge in [-0.1, -0.05) is 24.8 Å². The van der Waals surface area contributed by atoms with Crippen LogP contribution < -0.4 is 9.47 Å². The Morgan fingerprint density at radius 2 is 2.15 bits per heavy atom. The Morgan fingerprint density at radius 3 is 2.93 bits per heavy atom. The maximum atomic E-state index is 12.4. The lowest BCUT2D eigenvalue weighted by Gasteiger charge is -2.30. The van der Waals surface area contributed by atoms with Crippen molar-refractivity contribution < 1.29 is 14.3 Å². The molecule has 2 aromatic rings. The van der Waals surface area contributed by atoms with Gasteiger partial charge in [-0.15, -0.1) is 10.2 Å². The third-order valence-corrected chi connectivity index (χ3v) is 5.67. The molecule has 2 heterocycles. The molecule has 0 unspecified atom stereocenters. The third kappa shape index (κ3) is 5.15. The average molecular weight is 391 g/mol. The first-order chi connectivity index (χ1) is 13.1. The van der Waals surface area contributed by atoms with Crippen LogP contribution in [0.3, 0.4) is 0 Å². The maximum absolute atomic E-state index is 12.4. The topological polar surface area (TPSA) is 69.5 Å². The van der Waals surface area contributed by atoms with Crippen LogP contribution in [0.4, 0.5) is 0 Å². The minimum absolute atomic E-state index is 0.170. The van der Waals surface area contributed by atoms with E-state index in [1.807, 2.05) is 40.8 Å². The average Bonchev–Trinajstić information content (AvgIpc) is 3.04. The van der Waals surface area contributed by atoms with Crippen molar-refractivity contribution in [1.29, 1.82) is 0 Å². The first-order valence-electron chi connectivity index (χ1n) is 9.12. The second kappa shape index (κ2) is 9.12. The molecule has 146 valence electrons. The molecule has 3 rings (SSSR count). The van der Waals surface area contributed by atoms with E-state index in [4.69, 9.17) is 9.47 Å². The fourth-order valence-corrected chi connectivity index (χ4v) is 3.90. The Morgan fingerprint density at radius 1 is 1.33 bits per heavy atom. The smallest absolute Gasteiger partial charge is 0.233 e. The van der Waals surface area contributed by atoms with E-state index in [1.165, 1.54) is 18.2 Å². The highest BCUT2D eigenvalue weighted by atomic mass is 32.2. The Hall–Kier alpha value is -2.22. The highest BCUT2D eigenvalue weighted by Gasteiger charge is 2.21. The van der Waals surface area contributed by atoms with Gasteiger partial charge in [0.25, 0.3) is 0 Å². The number of carbonyl (C=O) groups is 1. The summed E-state index contributed by atoms with van der Waals surface area (Å²) in [6.45, 7) is 4.22. The van der Waals surface area contributed by atoms with E-state index in [0.717, 1.165) is 30.4 Å². The van der Waals surface area contributed by atoms with E-state index in [0.29, 0.717) is 29.9 Å². The molecule has 1 aliphatic heterocycles. The van der Waals surface area contributed by atoms with E-state index in [1.54, 1.807) is 7.11 Å².